The molecule has 0 unspecified atom stereocenters. The minimum absolute atomic E-state index is 0.0925. The third-order valence-electron chi connectivity index (χ3n) is 2.41. The number of benzene rings is 1. The van der Waals surface area contributed by atoms with Crippen molar-refractivity contribution < 1.29 is 13.3 Å². The Labute approximate surface area is 124 Å². The van der Waals surface area contributed by atoms with Gasteiger partial charge in [-0.25, -0.2) is 8.42 Å². The minimum Gasteiger partial charge on any atom is -0.384 e. The molecule has 21 heavy (non-hydrogen) atoms. The highest BCUT2D eigenvalue weighted by molar-refractivity contribution is 7.93. The van der Waals surface area contributed by atoms with Gasteiger partial charge in [0.2, 0.25) is 5.13 Å². The summed E-state index contributed by atoms with van der Waals surface area (Å²) in [6, 6.07) is 3.49. The normalized spacial score (nSPS) is 11.1. The fourth-order valence-corrected chi connectivity index (χ4v) is 3.44. The summed E-state index contributed by atoms with van der Waals surface area (Å²) in [5.74, 6) is 0. The lowest BCUT2D eigenvalue weighted by atomic mass is 10.3. The van der Waals surface area contributed by atoms with Crippen LogP contribution in [0.25, 0.3) is 0 Å². The molecule has 0 radical (unpaired) electrons. The third kappa shape index (κ3) is 3.44. The van der Waals surface area contributed by atoms with Crippen LogP contribution in [0.5, 0.6) is 0 Å². The van der Waals surface area contributed by atoms with Crippen LogP contribution in [0.15, 0.2) is 28.6 Å². The summed E-state index contributed by atoms with van der Waals surface area (Å²) in [5.41, 5.74) is 1.35. The summed E-state index contributed by atoms with van der Waals surface area (Å²) in [5, 5.41) is 20.8. The number of nitrogens with one attached hydrogen (secondary N) is 2. The first-order chi connectivity index (χ1) is 9.94. The second kappa shape index (κ2) is 6.01. The molecule has 0 fully saturated rings. The van der Waals surface area contributed by atoms with Gasteiger partial charge in [0.1, 0.15) is 10.4 Å². The topological polar surface area (TPSA) is 127 Å². The summed E-state index contributed by atoms with van der Waals surface area (Å²) in [6.45, 7) is 2.18. The van der Waals surface area contributed by atoms with Gasteiger partial charge in [0.05, 0.1) is 10.6 Å². The SMILES string of the molecule is CCNc1cc([N+](=O)[O-])ccc1S(=O)(=O)Nc1nncs1. The highest BCUT2D eigenvalue weighted by Gasteiger charge is 2.22. The lowest BCUT2D eigenvalue weighted by molar-refractivity contribution is -0.384. The van der Waals surface area contributed by atoms with Crippen molar-refractivity contribution in [1.82, 2.24) is 10.2 Å². The summed E-state index contributed by atoms with van der Waals surface area (Å²) >= 11 is 1.03. The zero-order chi connectivity index (χ0) is 15.5. The first kappa shape index (κ1) is 15.1. The summed E-state index contributed by atoms with van der Waals surface area (Å²) < 4.78 is 26.9. The smallest absolute Gasteiger partial charge is 0.271 e. The van der Waals surface area contributed by atoms with E-state index in [0.717, 1.165) is 17.4 Å². The van der Waals surface area contributed by atoms with Crippen LogP contribution in [0, 0.1) is 10.1 Å². The monoisotopic (exact) mass is 329 g/mol. The molecule has 112 valence electrons. The molecule has 0 spiro atoms. The molecule has 0 aliphatic rings. The van der Waals surface area contributed by atoms with Crippen molar-refractivity contribution in [2.24, 2.45) is 0 Å². The van der Waals surface area contributed by atoms with Crippen LogP contribution in [-0.4, -0.2) is 30.1 Å². The van der Waals surface area contributed by atoms with Crippen molar-refractivity contribution in [3.63, 3.8) is 0 Å². The van der Waals surface area contributed by atoms with Crippen LogP contribution in [0.3, 0.4) is 0 Å². The number of anilines is 2. The minimum atomic E-state index is -3.91. The van der Waals surface area contributed by atoms with Crippen molar-refractivity contribution in [1.29, 1.82) is 0 Å². The van der Waals surface area contributed by atoms with Gasteiger partial charge >= 0.3 is 0 Å². The molecule has 0 bridgehead atoms. The Morgan fingerprint density at radius 3 is 2.76 bits per heavy atom. The van der Waals surface area contributed by atoms with Gasteiger partial charge in [0, 0.05) is 18.7 Å². The number of nitrogens with zero attached hydrogens (tertiary/aromatic N) is 3. The molecule has 0 aliphatic heterocycles. The van der Waals surface area contributed by atoms with Crippen LogP contribution in [0.2, 0.25) is 0 Å². The van der Waals surface area contributed by atoms with Gasteiger partial charge in [0.25, 0.3) is 15.7 Å². The van der Waals surface area contributed by atoms with Gasteiger partial charge in [-0.05, 0) is 13.0 Å². The molecule has 9 nitrogen and oxygen atoms in total. The molecule has 1 heterocycles. The maximum Gasteiger partial charge on any atom is 0.271 e. The Bertz CT molecular complexity index is 745. The van der Waals surface area contributed by atoms with E-state index in [2.05, 4.69) is 20.2 Å². The van der Waals surface area contributed by atoms with Crippen LogP contribution < -0.4 is 10.0 Å². The van der Waals surface area contributed by atoms with Gasteiger partial charge in [0.15, 0.2) is 0 Å². The summed E-state index contributed by atoms with van der Waals surface area (Å²) in [6.07, 6.45) is 0. The number of hydrogen-bond acceptors (Lipinski definition) is 8. The predicted octanol–water partition coefficient (Wildman–Crippen LogP) is 1.68. The zero-order valence-electron chi connectivity index (χ0n) is 10.8. The van der Waals surface area contributed by atoms with Crippen LogP contribution in [-0.2, 0) is 10.0 Å². The molecular formula is C10H11N5O4S2. The lowest BCUT2D eigenvalue weighted by Crippen LogP contribution is -2.15. The number of sulfonamides is 1. The average Bonchev–Trinajstić information content (AvgIpc) is 2.91. The van der Waals surface area contributed by atoms with E-state index in [4.69, 9.17) is 0 Å². The number of rotatable bonds is 6. The molecule has 0 atom stereocenters. The maximum atomic E-state index is 12.3. The first-order valence-corrected chi connectivity index (χ1v) is 8.11. The number of nitro groups is 1. The molecule has 1 aromatic carbocycles. The summed E-state index contributed by atoms with van der Waals surface area (Å²) in [4.78, 5) is 10.1. The molecule has 2 N–H and O–H groups in total. The highest BCUT2D eigenvalue weighted by atomic mass is 32.2. The van der Waals surface area contributed by atoms with E-state index >= 15 is 0 Å². The fraction of sp³-hybridized carbons (Fsp3) is 0.200. The molecule has 2 aromatic rings. The Hall–Kier alpha value is -2.27. The average molecular weight is 329 g/mol. The largest absolute Gasteiger partial charge is 0.384 e. The quantitative estimate of drug-likeness (QED) is 0.609. The van der Waals surface area contributed by atoms with Crippen molar-refractivity contribution in [2.75, 3.05) is 16.6 Å². The van der Waals surface area contributed by atoms with E-state index in [1.807, 2.05) is 0 Å². The Kier molecular flexibility index (Phi) is 4.33. The second-order valence-corrected chi connectivity index (χ2v) is 6.30. The first-order valence-electron chi connectivity index (χ1n) is 5.75. The van der Waals surface area contributed by atoms with E-state index in [-0.39, 0.29) is 21.4 Å². The molecule has 0 saturated heterocycles. The molecule has 11 heteroatoms. The fourth-order valence-electron chi connectivity index (χ4n) is 1.58. The van der Waals surface area contributed by atoms with Gasteiger partial charge in [-0.3, -0.25) is 14.8 Å². The van der Waals surface area contributed by atoms with Gasteiger partial charge in [-0.2, -0.15) is 0 Å². The van der Waals surface area contributed by atoms with Crippen LogP contribution >= 0.6 is 11.3 Å². The number of nitro benzene ring substituents is 1. The maximum absolute atomic E-state index is 12.3. The number of aromatic nitrogens is 2. The van der Waals surface area contributed by atoms with Crippen molar-refractivity contribution in [3.05, 3.63) is 33.8 Å². The van der Waals surface area contributed by atoms with Crippen LogP contribution in [0.4, 0.5) is 16.5 Å². The van der Waals surface area contributed by atoms with E-state index in [1.54, 1.807) is 6.92 Å². The van der Waals surface area contributed by atoms with Crippen molar-refractivity contribution in [2.45, 2.75) is 11.8 Å². The van der Waals surface area contributed by atoms with Gasteiger partial charge in [-0.1, -0.05) is 11.3 Å². The Morgan fingerprint density at radius 2 is 2.19 bits per heavy atom. The number of non-ortho nitro benzene ring substituents is 1. The van der Waals surface area contributed by atoms with Crippen LogP contribution in [0.1, 0.15) is 6.92 Å². The zero-order valence-corrected chi connectivity index (χ0v) is 12.4. The third-order valence-corrected chi connectivity index (χ3v) is 4.55. The molecule has 2 rings (SSSR count). The highest BCUT2D eigenvalue weighted by Crippen LogP contribution is 2.28. The summed E-state index contributed by atoms with van der Waals surface area (Å²) in [7, 11) is -3.91. The van der Waals surface area contributed by atoms with E-state index in [9.17, 15) is 18.5 Å². The molecule has 0 aliphatic carbocycles. The van der Waals surface area contributed by atoms with E-state index in [0.29, 0.717) is 6.54 Å². The van der Waals surface area contributed by atoms with Gasteiger partial charge in [-0.15, -0.1) is 10.2 Å². The Morgan fingerprint density at radius 1 is 1.43 bits per heavy atom. The number of hydrogen-bond donors (Lipinski definition) is 2. The Balaban J connectivity index is 2.44. The molecule has 1 aromatic heterocycles. The molecule has 0 saturated carbocycles. The van der Waals surface area contributed by atoms with E-state index in [1.165, 1.54) is 17.6 Å². The lowest BCUT2D eigenvalue weighted by Gasteiger charge is -2.11. The van der Waals surface area contributed by atoms with Crippen molar-refractivity contribution in [3.8, 4) is 0 Å². The molecular weight excluding hydrogens is 318 g/mol. The van der Waals surface area contributed by atoms with E-state index < -0.39 is 14.9 Å². The standard InChI is InChI=1S/C10H11N5O4S2/c1-2-11-8-5-7(15(16)17)3-4-9(8)21(18,19)14-10-13-12-6-20-10/h3-6,11H,2H2,1H3,(H,13,14). The van der Waals surface area contributed by atoms with Crippen molar-refractivity contribution >= 4 is 37.9 Å². The molecule has 0 amide bonds. The second-order valence-electron chi connectivity index (χ2n) is 3.82. The predicted molar refractivity (Wildman–Crippen MR) is 78.0 cm³/mol. The van der Waals surface area contributed by atoms with Gasteiger partial charge < -0.3 is 5.32 Å².